The molecule has 8 rings (SSSR count). The van der Waals surface area contributed by atoms with Crippen molar-refractivity contribution in [3.8, 4) is 51.5 Å². The van der Waals surface area contributed by atoms with Crippen LogP contribution in [0.25, 0.3) is 50.3 Å². The Balaban J connectivity index is 1.20. The van der Waals surface area contributed by atoms with Gasteiger partial charge in [0.1, 0.15) is 35.7 Å². The molecule has 0 amide bonds. The maximum atomic E-state index is 8.35. The van der Waals surface area contributed by atoms with Gasteiger partial charge in [-0.05, 0) is 72.8 Å². The predicted octanol–water partition coefficient (Wildman–Crippen LogP) is 8.68. The Kier molecular flexibility index (Phi) is 6.07. The lowest BCUT2D eigenvalue weighted by Gasteiger charge is -2.10. The van der Waals surface area contributed by atoms with Crippen molar-refractivity contribution >= 4 is 21.8 Å². The minimum absolute atomic E-state index is 0.319. The highest BCUT2D eigenvalue weighted by Crippen LogP contribution is 2.37. The summed E-state index contributed by atoms with van der Waals surface area (Å²) in [7, 11) is 0. The van der Waals surface area contributed by atoms with E-state index >= 15 is 0 Å². The monoisotopic (exact) mass is 586 g/mol. The summed E-state index contributed by atoms with van der Waals surface area (Å²) >= 11 is 0. The molecular weight excluding hydrogens is 560 g/mol. The molecule has 0 unspecified atom stereocenters. The molecular formula is C37H24N6O2. The van der Waals surface area contributed by atoms with E-state index in [0.29, 0.717) is 41.0 Å². The van der Waals surface area contributed by atoms with Crippen molar-refractivity contribution in [2.75, 3.05) is 0 Å². The Morgan fingerprint density at radius 1 is 0.511 bits per heavy atom. The van der Waals surface area contributed by atoms with Crippen LogP contribution in [0.1, 0.15) is 2.74 Å². The Morgan fingerprint density at radius 3 is 1.51 bits per heavy atom. The number of aromatic nitrogens is 6. The summed E-state index contributed by atoms with van der Waals surface area (Å²) in [6.07, 6.45) is 6.36. The maximum Gasteiger partial charge on any atom is 0.237 e. The fourth-order valence-corrected chi connectivity index (χ4v) is 5.32. The quantitative estimate of drug-likeness (QED) is 0.185. The average Bonchev–Trinajstić information content (AvgIpc) is 3.41. The SMILES string of the molecule is [2H]c1cc(Oc2ccc3c4ccc(Oc5cc([2H])cc(-c6ccccn6)c5)cc4n(-c4ncncn4)c3c2)cc(-c2ccccn2)c1. The number of hydrogen-bond donors (Lipinski definition) is 0. The standard InChI is InChI=1S/C37H24N6O2/c1-3-17-39-33(11-1)25-7-5-9-27(19-25)44-29-13-15-31-32-16-14-30(22-36(32)43(35(31)21-29)37-41-23-38-24-42-37)45-28-10-6-8-26(20-28)34-12-2-4-18-40-34/h1-24H/i5D,6D. The van der Waals surface area contributed by atoms with Crippen molar-refractivity contribution in [3.05, 3.63) is 146 Å². The lowest BCUT2D eigenvalue weighted by atomic mass is 10.1. The fourth-order valence-electron chi connectivity index (χ4n) is 5.32. The number of ether oxygens (including phenoxy) is 2. The molecule has 0 atom stereocenters. The first-order valence-corrected chi connectivity index (χ1v) is 14.2. The zero-order valence-corrected chi connectivity index (χ0v) is 23.7. The van der Waals surface area contributed by atoms with E-state index in [1.54, 1.807) is 36.7 Å². The van der Waals surface area contributed by atoms with Crippen molar-refractivity contribution in [3.63, 3.8) is 0 Å². The van der Waals surface area contributed by atoms with Gasteiger partial charge in [0.2, 0.25) is 5.95 Å². The number of rotatable bonds is 7. The van der Waals surface area contributed by atoms with Gasteiger partial charge in [-0.25, -0.2) is 15.0 Å². The molecule has 0 bridgehead atoms. The van der Waals surface area contributed by atoms with Gasteiger partial charge in [0.15, 0.2) is 0 Å². The summed E-state index contributed by atoms with van der Waals surface area (Å²) < 4.78 is 31.3. The largest absolute Gasteiger partial charge is 0.457 e. The average molecular weight is 587 g/mol. The first-order chi connectivity index (χ1) is 23.1. The summed E-state index contributed by atoms with van der Waals surface area (Å²) in [6.45, 7) is 0. The molecule has 45 heavy (non-hydrogen) atoms. The normalized spacial score (nSPS) is 11.7. The molecule has 4 heterocycles. The molecule has 0 saturated carbocycles. The maximum absolute atomic E-state index is 8.35. The van der Waals surface area contributed by atoms with Gasteiger partial charge in [-0.2, -0.15) is 0 Å². The highest BCUT2D eigenvalue weighted by Gasteiger charge is 2.17. The molecule has 4 aromatic carbocycles. The molecule has 8 nitrogen and oxygen atoms in total. The highest BCUT2D eigenvalue weighted by molar-refractivity contribution is 6.09. The van der Waals surface area contributed by atoms with Crippen molar-refractivity contribution in [2.45, 2.75) is 0 Å². The highest BCUT2D eigenvalue weighted by atomic mass is 16.5. The van der Waals surface area contributed by atoms with E-state index in [9.17, 15) is 0 Å². The third-order valence-corrected chi connectivity index (χ3v) is 7.31. The van der Waals surface area contributed by atoms with Crippen LogP contribution in [0.3, 0.4) is 0 Å². The molecule has 0 radical (unpaired) electrons. The Labute approximate surface area is 261 Å². The van der Waals surface area contributed by atoms with Crippen molar-refractivity contribution < 1.29 is 12.2 Å². The first-order valence-electron chi connectivity index (χ1n) is 15.2. The van der Waals surface area contributed by atoms with Gasteiger partial charge in [-0.3, -0.25) is 14.5 Å². The molecule has 4 aromatic heterocycles. The van der Waals surface area contributed by atoms with Gasteiger partial charge >= 0.3 is 0 Å². The smallest absolute Gasteiger partial charge is 0.237 e. The topological polar surface area (TPSA) is 87.8 Å². The van der Waals surface area contributed by atoms with Crippen LogP contribution in [-0.2, 0) is 0 Å². The van der Waals surface area contributed by atoms with Crippen LogP contribution in [0, 0.1) is 0 Å². The molecule has 0 fully saturated rings. The van der Waals surface area contributed by atoms with E-state index in [0.717, 1.165) is 44.3 Å². The second-order valence-corrected chi connectivity index (χ2v) is 10.2. The predicted molar refractivity (Wildman–Crippen MR) is 174 cm³/mol. The Morgan fingerprint density at radius 2 is 1.02 bits per heavy atom. The van der Waals surface area contributed by atoms with Crippen LogP contribution in [0.2, 0.25) is 0 Å². The zero-order chi connectivity index (χ0) is 31.7. The lowest BCUT2D eigenvalue weighted by molar-refractivity contribution is 0.483. The van der Waals surface area contributed by atoms with E-state index in [1.165, 1.54) is 12.7 Å². The lowest BCUT2D eigenvalue weighted by Crippen LogP contribution is -2.01. The van der Waals surface area contributed by atoms with E-state index in [2.05, 4.69) is 24.9 Å². The van der Waals surface area contributed by atoms with Gasteiger partial charge < -0.3 is 9.47 Å². The van der Waals surface area contributed by atoms with Crippen LogP contribution >= 0.6 is 0 Å². The summed E-state index contributed by atoms with van der Waals surface area (Å²) in [5.74, 6) is 2.65. The molecule has 8 aromatic rings. The second kappa shape index (κ2) is 11.3. The number of hydrogen-bond acceptors (Lipinski definition) is 7. The van der Waals surface area contributed by atoms with Gasteiger partial charge in [-0.1, -0.05) is 36.4 Å². The molecule has 214 valence electrons. The van der Waals surface area contributed by atoms with Crippen molar-refractivity contribution in [1.82, 2.24) is 29.5 Å². The van der Waals surface area contributed by atoms with Crippen LogP contribution in [0.5, 0.6) is 23.0 Å². The van der Waals surface area contributed by atoms with Crippen LogP contribution in [0.4, 0.5) is 0 Å². The Bertz CT molecular complexity index is 2240. The minimum Gasteiger partial charge on any atom is -0.457 e. The van der Waals surface area contributed by atoms with Gasteiger partial charge in [0.25, 0.3) is 0 Å². The molecule has 0 N–H and O–H groups in total. The van der Waals surface area contributed by atoms with Crippen molar-refractivity contribution in [1.29, 1.82) is 0 Å². The van der Waals surface area contributed by atoms with Crippen LogP contribution in [-0.4, -0.2) is 29.5 Å². The number of fused-ring (bicyclic) bond motifs is 3. The molecule has 0 aliphatic rings. The fraction of sp³-hybridized carbons (Fsp3) is 0. The van der Waals surface area contributed by atoms with Crippen molar-refractivity contribution in [2.24, 2.45) is 0 Å². The van der Waals surface area contributed by atoms with E-state index in [1.807, 2.05) is 89.5 Å². The third-order valence-electron chi connectivity index (χ3n) is 7.31. The summed E-state index contributed by atoms with van der Waals surface area (Å²) in [5.41, 5.74) is 4.75. The molecule has 0 aliphatic carbocycles. The van der Waals surface area contributed by atoms with Gasteiger partial charge in [0.05, 0.1) is 25.2 Å². The van der Waals surface area contributed by atoms with Gasteiger partial charge in [-0.15, -0.1) is 0 Å². The molecule has 0 spiro atoms. The third kappa shape index (κ3) is 5.21. The number of nitrogens with zero attached hydrogens (tertiary/aromatic N) is 6. The van der Waals surface area contributed by atoms with E-state index in [4.69, 9.17) is 12.2 Å². The summed E-state index contributed by atoms with van der Waals surface area (Å²) in [5, 5.41) is 1.93. The van der Waals surface area contributed by atoms with Crippen LogP contribution in [0.15, 0.2) is 146 Å². The second-order valence-electron chi connectivity index (χ2n) is 10.2. The first kappa shape index (κ1) is 24.1. The summed E-state index contributed by atoms with van der Waals surface area (Å²) in [4.78, 5) is 21.8. The zero-order valence-electron chi connectivity index (χ0n) is 25.7. The molecule has 0 saturated heterocycles. The number of pyridine rings is 2. The minimum atomic E-state index is 0.319. The Hall–Kier alpha value is -6.41. The van der Waals surface area contributed by atoms with Gasteiger partial charge in [0, 0.05) is 46.4 Å². The van der Waals surface area contributed by atoms with E-state index < -0.39 is 0 Å². The summed E-state index contributed by atoms with van der Waals surface area (Å²) in [6, 6.07) is 34.3. The van der Waals surface area contributed by atoms with Crippen LogP contribution < -0.4 is 9.47 Å². The molecule has 8 heteroatoms. The van der Waals surface area contributed by atoms with E-state index in [-0.39, 0.29) is 0 Å². The number of benzene rings is 4. The molecule has 0 aliphatic heterocycles.